The van der Waals surface area contributed by atoms with Gasteiger partial charge >= 0.3 is 0 Å². The maximum Gasteiger partial charge on any atom is 0.0189 e. The smallest absolute Gasteiger partial charge is 0.0189 e. The summed E-state index contributed by atoms with van der Waals surface area (Å²) in [6.07, 6.45) is 2.31. The molecule has 0 aromatic heterocycles. The second kappa shape index (κ2) is 5.40. The van der Waals surface area contributed by atoms with E-state index in [4.69, 9.17) is 0 Å². The summed E-state index contributed by atoms with van der Waals surface area (Å²) in [4.78, 5) is 0. The van der Waals surface area contributed by atoms with E-state index in [1.807, 2.05) is 0 Å². The molecule has 0 bridgehead atoms. The van der Waals surface area contributed by atoms with Crippen molar-refractivity contribution in [2.75, 3.05) is 5.33 Å². The van der Waals surface area contributed by atoms with Gasteiger partial charge in [0, 0.05) is 14.3 Å². The molecule has 1 aromatic carbocycles. The molecule has 0 aliphatic rings. The van der Waals surface area contributed by atoms with E-state index in [2.05, 4.69) is 66.0 Å². The lowest BCUT2D eigenvalue weighted by atomic mass is 10.1. The molecule has 0 unspecified atom stereocenters. The van der Waals surface area contributed by atoms with E-state index in [1.165, 1.54) is 12.0 Å². The highest BCUT2D eigenvalue weighted by Gasteiger charge is 1.96. The highest BCUT2D eigenvalue weighted by atomic mass is 79.9. The van der Waals surface area contributed by atoms with Crippen LogP contribution in [0.4, 0.5) is 0 Å². The third-order valence-corrected chi connectivity index (χ3v) is 3.00. The Labute approximate surface area is 98.1 Å². The van der Waals surface area contributed by atoms with Crippen molar-refractivity contribution in [3.05, 3.63) is 32.7 Å². The molecule has 0 nitrogen and oxygen atoms in total. The van der Waals surface area contributed by atoms with E-state index >= 15 is 0 Å². The molecule has 0 heterocycles. The van der Waals surface area contributed by atoms with Gasteiger partial charge in [-0.2, -0.15) is 0 Å². The topological polar surface area (TPSA) is 0 Å². The monoisotopic (exact) mass is 354 g/mol. The van der Waals surface area contributed by atoms with E-state index in [-0.39, 0.29) is 0 Å². The summed E-state index contributed by atoms with van der Waals surface area (Å²) in [6, 6.07) is 6.37. The van der Waals surface area contributed by atoms with Crippen LogP contribution in [-0.4, -0.2) is 5.33 Å². The molecule has 1 rings (SSSR count). The molecule has 0 amide bonds. The number of hydrogen-bond acceptors (Lipinski definition) is 0. The summed E-state index contributed by atoms with van der Waals surface area (Å²) >= 11 is 10.3. The molecule has 0 saturated heterocycles. The zero-order valence-electron chi connectivity index (χ0n) is 6.49. The van der Waals surface area contributed by atoms with Crippen molar-refractivity contribution >= 4 is 47.8 Å². The molecular weight excluding hydrogens is 348 g/mol. The third kappa shape index (κ3) is 3.58. The van der Waals surface area contributed by atoms with Gasteiger partial charge in [-0.15, -0.1) is 0 Å². The summed E-state index contributed by atoms with van der Waals surface area (Å²) in [5.41, 5.74) is 1.37. The third-order valence-electron chi connectivity index (χ3n) is 1.52. The Hall–Kier alpha value is 0.660. The summed E-state index contributed by atoms with van der Waals surface area (Å²) in [7, 11) is 0. The summed E-state index contributed by atoms with van der Waals surface area (Å²) in [5.74, 6) is 0. The lowest BCUT2D eigenvalue weighted by molar-refractivity contribution is 0.937. The van der Waals surface area contributed by atoms with E-state index in [0.717, 1.165) is 20.7 Å². The van der Waals surface area contributed by atoms with Crippen LogP contribution in [0.2, 0.25) is 0 Å². The van der Waals surface area contributed by atoms with Crippen molar-refractivity contribution in [2.45, 2.75) is 12.8 Å². The molecule has 3 heteroatoms. The number of halogens is 3. The standard InChI is InChI=1S/C9H9Br3/c10-3-1-2-7-4-8(11)6-9(12)5-7/h4-6H,1-3H2. The maximum atomic E-state index is 3.46. The molecular formula is C9H9Br3. The first-order chi connectivity index (χ1) is 5.72. The molecule has 0 spiro atoms. The maximum absolute atomic E-state index is 3.46. The van der Waals surface area contributed by atoms with Crippen molar-refractivity contribution in [3.63, 3.8) is 0 Å². The quantitative estimate of drug-likeness (QED) is 0.697. The molecule has 0 N–H and O–H groups in total. The number of aryl methyl sites for hydroxylation is 1. The minimum Gasteiger partial charge on any atom is -0.0928 e. The molecule has 0 fully saturated rings. The predicted molar refractivity (Wildman–Crippen MR) is 64.0 cm³/mol. The number of alkyl halides is 1. The van der Waals surface area contributed by atoms with E-state index in [9.17, 15) is 0 Å². The average molecular weight is 357 g/mol. The van der Waals surface area contributed by atoms with Crippen LogP contribution in [0.3, 0.4) is 0 Å². The Morgan fingerprint density at radius 2 is 1.58 bits per heavy atom. The Morgan fingerprint density at radius 1 is 1.00 bits per heavy atom. The Bertz CT molecular complexity index is 238. The molecule has 0 radical (unpaired) electrons. The fraction of sp³-hybridized carbons (Fsp3) is 0.333. The fourth-order valence-corrected chi connectivity index (χ4v) is 2.70. The number of hydrogen-bond donors (Lipinski definition) is 0. The van der Waals surface area contributed by atoms with Gasteiger partial charge in [0.15, 0.2) is 0 Å². The molecule has 0 atom stereocenters. The lowest BCUT2D eigenvalue weighted by Crippen LogP contribution is -1.86. The predicted octanol–water partition coefficient (Wildman–Crippen LogP) is 4.54. The molecule has 0 aliphatic carbocycles. The van der Waals surface area contributed by atoms with Gasteiger partial charge in [-0.1, -0.05) is 47.8 Å². The van der Waals surface area contributed by atoms with E-state index < -0.39 is 0 Å². The van der Waals surface area contributed by atoms with Crippen LogP contribution in [0, 0.1) is 0 Å². The van der Waals surface area contributed by atoms with Crippen molar-refractivity contribution in [2.24, 2.45) is 0 Å². The minimum atomic E-state index is 1.07. The number of benzene rings is 1. The molecule has 0 saturated carbocycles. The van der Waals surface area contributed by atoms with Gasteiger partial charge in [0.05, 0.1) is 0 Å². The first kappa shape index (κ1) is 10.7. The molecule has 1 aromatic rings. The molecule has 0 aliphatic heterocycles. The summed E-state index contributed by atoms with van der Waals surface area (Å²) in [5, 5.41) is 1.07. The highest BCUT2D eigenvalue weighted by molar-refractivity contribution is 9.11. The highest BCUT2D eigenvalue weighted by Crippen LogP contribution is 2.20. The Morgan fingerprint density at radius 3 is 2.08 bits per heavy atom. The van der Waals surface area contributed by atoms with Crippen LogP contribution in [0.25, 0.3) is 0 Å². The first-order valence-electron chi connectivity index (χ1n) is 3.73. The van der Waals surface area contributed by atoms with Crippen molar-refractivity contribution in [3.8, 4) is 0 Å². The van der Waals surface area contributed by atoms with Crippen LogP contribution in [0.15, 0.2) is 27.1 Å². The van der Waals surface area contributed by atoms with Crippen LogP contribution in [0.1, 0.15) is 12.0 Å². The second-order valence-corrected chi connectivity index (χ2v) is 5.19. The Kier molecular flexibility index (Phi) is 4.84. The largest absolute Gasteiger partial charge is 0.0928 e. The minimum absolute atomic E-state index is 1.07. The van der Waals surface area contributed by atoms with Gasteiger partial charge in [0.25, 0.3) is 0 Å². The van der Waals surface area contributed by atoms with Crippen LogP contribution < -0.4 is 0 Å². The van der Waals surface area contributed by atoms with Gasteiger partial charge in [-0.05, 0) is 36.6 Å². The van der Waals surface area contributed by atoms with Gasteiger partial charge in [0.2, 0.25) is 0 Å². The van der Waals surface area contributed by atoms with Crippen molar-refractivity contribution < 1.29 is 0 Å². The van der Waals surface area contributed by atoms with E-state index in [1.54, 1.807) is 0 Å². The summed E-state index contributed by atoms with van der Waals surface area (Å²) in [6.45, 7) is 0. The zero-order valence-corrected chi connectivity index (χ0v) is 11.2. The normalized spacial score (nSPS) is 10.2. The van der Waals surface area contributed by atoms with Crippen molar-refractivity contribution in [1.82, 2.24) is 0 Å². The SMILES string of the molecule is BrCCCc1cc(Br)cc(Br)c1. The van der Waals surface area contributed by atoms with Gasteiger partial charge < -0.3 is 0 Å². The summed E-state index contributed by atoms with van der Waals surface area (Å²) < 4.78 is 2.28. The van der Waals surface area contributed by atoms with Crippen molar-refractivity contribution in [1.29, 1.82) is 0 Å². The fourth-order valence-electron chi connectivity index (χ4n) is 1.03. The second-order valence-electron chi connectivity index (χ2n) is 2.57. The lowest BCUT2D eigenvalue weighted by Gasteiger charge is -2.01. The Balaban J connectivity index is 2.72. The average Bonchev–Trinajstić information content (AvgIpc) is 1.99. The molecule has 66 valence electrons. The van der Waals surface area contributed by atoms with Crippen LogP contribution >= 0.6 is 47.8 Å². The van der Waals surface area contributed by atoms with Gasteiger partial charge in [-0.25, -0.2) is 0 Å². The van der Waals surface area contributed by atoms with Crippen LogP contribution in [0.5, 0.6) is 0 Å². The zero-order chi connectivity index (χ0) is 8.97. The van der Waals surface area contributed by atoms with Gasteiger partial charge in [-0.3, -0.25) is 0 Å². The van der Waals surface area contributed by atoms with Crippen LogP contribution in [-0.2, 0) is 6.42 Å². The first-order valence-corrected chi connectivity index (χ1v) is 6.44. The number of rotatable bonds is 3. The van der Waals surface area contributed by atoms with E-state index in [0.29, 0.717) is 0 Å². The van der Waals surface area contributed by atoms with Gasteiger partial charge in [0.1, 0.15) is 0 Å². The molecule has 12 heavy (non-hydrogen) atoms.